The number of hydrogen-bond donors (Lipinski definition) is 1. The summed E-state index contributed by atoms with van der Waals surface area (Å²) >= 11 is 11.8. The number of carbonyl (C=O) groups is 2. The number of carbonyl (C=O) groups excluding carboxylic acids is 2. The van der Waals surface area contributed by atoms with E-state index >= 15 is 0 Å². The summed E-state index contributed by atoms with van der Waals surface area (Å²) in [5.74, 6) is -0.654. The molecule has 7 nitrogen and oxygen atoms in total. The summed E-state index contributed by atoms with van der Waals surface area (Å²) in [6, 6.07) is 2.71. The number of halogens is 2. The quantitative estimate of drug-likeness (QED) is 0.575. The van der Waals surface area contributed by atoms with Gasteiger partial charge in [0.05, 0.1) is 15.9 Å². The molecule has 1 saturated heterocycles. The fourth-order valence-electron chi connectivity index (χ4n) is 3.96. The molecule has 1 aliphatic heterocycles. The first-order chi connectivity index (χ1) is 13.4. The molecule has 1 saturated carbocycles. The maximum atomic E-state index is 12.9. The molecule has 0 spiro atoms. The zero-order valence-corrected chi connectivity index (χ0v) is 17.0. The third-order valence-corrected chi connectivity index (χ3v) is 6.28. The second-order valence-electron chi connectivity index (χ2n) is 7.48. The van der Waals surface area contributed by atoms with Crippen LogP contribution in [-0.2, 0) is 4.79 Å². The van der Waals surface area contributed by atoms with Gasteiger partial charge in [-0.2, -0.15) is 0 Å². The first-order valence-corrected chi connectivity index (χ1v) is 10.4. The van der Waals surface area contributed by atoms with E-state index in [9.17, 15) is 19.7 Å². The maximum absolute atomic E-state index is 12.9. The summed E-state index contributed by atoms with van der Waals surface area (Å²) in [7, 11) is 0. The lowest BCUT2D eigenvalue weighted by Crippen LogP contribution is -2.47. The topological polar surface area (TPSA) is 92.6 Å². The Hall–Kier alpha value is -1.86. The van der Waals surface area contributed by atoms with Gasteiger partial charge in [0, 0.05) is 30.8 Å². The van der Waals surface area contributed by atoms with Crippen molar-refractivity contribution in [1.82, 2.24) is 10.2 Å². The number of piperidine rings is 1. The number of hydrogen-bond acceptors (Lipinski definition) is 4. The van der Waals surface area contributed by atoms with Crippen molar-refractivity contribution in [2.24, 2.45) is 5.92 Å². The molecule has 2 aliphatic rings. The lowest BCUT2D eigenvalue weighted by atomic mass is 9.92. The van der Waals surface area contributed by atoms with Crippen LogP contribution in [0.15, 0.2) is 12.1 Å². The second-order valence-corrected chi connectivity index (χ2v) is 8.27. The predicted octanol–water partition coefficient (Wildman–Crippen LogP) is 4.20. The van der Waals surface area contributed by atoms with Gasteiger partial charge in [-0.25, -0.2) is 0 Å². The third kappa shape index (κ3) is 4.75. The average Bonchev–Trinajstić information content (AvgIpc) is 2.70. The summed E-state index contributed by atoms with van der Waals surface area (Å²) in [6.45, 7) is 0.797. The minimum Gasteiger partial charge on any atom is -0.353 e. The average molecular weight is 428 g/mol. The van der Waals surface area contributed by atoms with Gasteiger partial charge in [-0.15, -0.1) is 0 Å². The molecule has 0 aromatic heterocycles. The Balaban J connectivity index is 1.69. The Bertz CT molecular complexity index is 781. The van der Waals surface area contributed by atoms with E-state index in [1.165, 1.54) is 12.5 Å². The van der Waals surface area contributed by atoms with Gasteiger partial charge in [-0.3, -0.25) is 19.7 Å². The number of likely N-dealkylation sites (tertiary alicyclic amines) is 1. The van der Waals surface area contributed by atoms with Crippen LogP contribution >= 0.6 is 23.2 Å². The molecule has 1 aromatic carbocycles. The Labute approximate surface area is 173 Å². The number of benzene rings is 1. The molecule has 1 aromatic rings. The lowest BCUT2D eigenvalue weighted by molar-refractivity contribution is -0.384. The van der Waals surface area contributed by atoms with Crippen LogP contribution < -0.4 is 5.32 Å². The molecule has 9 heteroatoms. The van der Waals surface area contributed by atoms with Crippen LogP contribution in [0.25, 0.3) is 0 Å². The highest BCUT2D eigenvalue weighted by Crippen LogP contribution is 2.34. The molecule has 1 aliphatic carbocycles. The molecule has 0 bridgehead atoms. The number of nitrogens with one attached hydrogen (secondary N) is 1. The molecule has 1 atom stereocenters. The lowest BCUT2D eigenvalue weighted by Gasteiger charge is -2.33. The van der Waals surface area contributed by atoms with Crippen LogP contribution in [0.1, 0.15) is 55.3 Å². The van der Waals surface area contributed by atoms with E-state index in [1.54, 1.807) is 4.90 Å². The van der Waals surface area contributed by atoms with Crippen molar-refractivity contribution in [2.75, 3.05) is 13.1 Å². The van der Waals surface area contributed by atoms with Crippen molar-refractivity contribution in [3.05, 3.63) is 37.9 Å². The minimum absolute atomic E-state index is 0.00970. The van der Waals surface area contributed by atoms with Gasteiger partial charge in [0.25, 0.3) is 11.6 Å². The van der Waals surface area contributed by atoms with Crippen LogP contribution in [0.3, 0.4) is 0 Å². The Kier molecular flexibility index (Phi) is 6.78. The van der Waals surface area contributed by atoms with E-state index in [-0.39, 0.29) is 39.4 Å². The van der Waals surface area contributed by atoms with Crippen molar-refractivity contribution in [3.8, 4) is 0 Å². The highest BCUT2D eigenvalue weighted by Gasteiger charge is 2.31. The fraction of sp³-hybridized carbons (Fsp3) is 0.579. The third-order valence-electron chi connectivity index (χ3n) is 5.48. The van der Waals surface area contributed by atoms with E-state index in [4.69, 9.17) is 23.2 Å². The van der Waals surface area contributed by atoms with E-state index in [1.807, 2.05) is 0 Å². The molecule has 1 N–H and O–H groups in total. The zero-order valence-electron chi connectivity index (χ0n) is 15.5. The Morgan fingerprint density at radius 2 is 1.82 bits per heavy atom. The normalized spacial score (nSPS) is 20.6. The number of nitro benzene ring substituents is 1. The first-order valence-electron chi connectivity index (χ1n) is 9.60. The van der Waals surface area contributed by atoms with Gasteiger partial charge in [0.1, 0.15) is 5.02 Å². The molecule has 3 rings (SSSR count). The predicted molar refractivity (Wildman–Crippen MR) is 107 cm³/mol. The van der Waals surface area contributed by atoms with Gasteiger partial charge in [-0.1, -0.05) is 42.5 Å². The Morgan fingerprint density at radius 1 is 1.11 bits per heavy atom. The molecule has 2 amide bonds. The van der Waals surface area contributed by atoms with Gasteiger partial charge < -0.3 is 10.2 Å². The molecule has 0 radical (unpaired) electrons. The fourth-order valence-corrected chi connectivity index (χ4v) is 4.35. The van der Waals surface area contributed by atoms with Crippen molar-refractivity contribution in [3.63, 3.8) is 0 Å². The monoisotopic (exact) mass is 427 g/mol. The molecule has 0 unspecified atom stereocenters. The number of amides is 2. The van der Waals surface area contributed by atoms with Gasteiger partial charge in [-0.05, 0) is 31.7 Å². The van der Waals surface area contributed by atoms with Gasteiger partial charge >= 0.3 is 0 Å². The van der Waals surface area contributed by atoms with E-state index in [2.05, 4.69) is 5.32 Å². The second kappa shape index (κ2) is 9.09. The van der Waals surface area contributed by atoms with Gasteiger partial charge in [0.15, 0.2) is 0 Å². The van der Waals surface area contributed by atoms with E-state index < -0.39 is 10.6 Å². The summed E-state index contributed by atoms with van der Waals surface area (Å²) < 4.78 is 0. The zero-order chi connectivity index (χ0) is 20.3. The molecule has 28 heavy (non-hydrogen) atoms. The number of nitro groups is 1. The maximum Gasteiger partial charge on any atom is 0.290 e. The van der Waals surface area contributed by atoms with Crippen LogP contribution in [0.5, 0.6) is 0 Å². The van der Waals surface area contributed by atoms with Gasteiger partial charge in [0.2, 0.25) is 5.91 Å². The highest BCUT2D eigenvalue weighted by atomic mass is 35.5. The van der Waals surface area contributed by atoms with Crippen molar-refractivity contribution >= 4 is 40.7 Å². The van der Waals surface area contributed by atoms with Crippen molar-refractivity contribution < 1.29 is 14.5 Å². The van der Waals surface area contributed by atoms with Crippen LogP contribution in [-0.4, -0.2) is 40.8 Å². The van der Waals surface area contributed by atoms with Crippen LogP contribution in [0, 0.1) is 16.0 Å². The summed E-state index contributed by atoms with van der Waals surface area (Å²) in [4.78, 5) is 37.5. The Morgan fingerprint density at radius 3 is 2.50 bits per heavy atom. The van der Waals surface area contributed by atoms with Crippen LogP contribution in [0.2, 0.25) is 10.0 Å². The van der Waals surface area contributed by atoms with E-state index in [0.29, 0.717) is 19.5 Å². The smallest absolute Gasteiger partial charge is 0.290 e. The summed E-state index contributed by atoms with van der Waals surface area (Å²) in [5.41, 5.74) is -0.296. The van der Waals surface area contributed by atoms with E-state index in [0.717, 1.165) is 38.2 Å². The minimum atomic E-state index is -0.665. The summed E-state index contributed by atoms with van der Waals surface area (Å²) in [6.07, 6.45) is 6.93. The molecular weight excluding hydrogens is 405 g/mol. The van der Waals surface area contributed by atoms with Crippen LogP contribution in [0.4, 0.5) is 5.69 Å². The molecule has 1 heterocycles. The number of nitrogens with zero attached hydrogens (tertiary/aromatic N) is 2. The number of rotatable bonds is 4. The first kappa shape index (κ1) is 20.9. The molecule has 2 fully saturated rings. The molecular formula is C19H23Cl2N3O4. The SMILES string of the molecule is O=C(NC1CCCCC1)[C@H]1CCCN(C(=O)c2cc(Cl)c(Cl)c([N+](=O)[O-])c2)C1. The van der Waals surface area contributed by atoms with Crippen molar-refractivity contribution in [1.29, 1.82) is 0 Å². The standard InChI is InChI=1S/C19H23Cl2N3O4/c20-15-9-13(10-16(17(15)21)24(27)28)19(26)23-8-4-5-12(11-23)18(25)22-14-6-2-1-3-7-14/h9-10,12,14H,1-8,11H2,(H,22,25)/t12-/m0/s1. The molecule has 152 valence electrons. The van der Waals surface area contributed by atoms with Crippen molar-refractivity contribution in [2.45, 2.75) is 51.0 Å². The summed E-state index contributed by atoms with van der Waals surface area (Å²) in [5, 5.41) is 14.0. The highest BCUT2D eigenvalue weighted by molar-refractivity contribution is 6.43. The largest absolute Gasteiger partial charge is 0.353 e.